The fraction of sp³-hybridized carbons (Fsp3) is 0.474. The zero-order valence-electron chi connectivity index (χ0n) is 31.0. The average molecular weight is 775 g/mol. The standard InChI is InChI=1S/C38H46N8O6S2/c1-19(2)30(43-29(48)16-47)36(49)45-12-6-8-27(45)34-39-15-26(42-34)23-18-54-32-22(17-53-33(23)32)21-10-11-24-25(14-21)41-35(40-24)28-9-7-13-46(28)37(50)31(20(3)4)44-38(51)52-5/h10-11,14-15,17-20,27-28,30-31,47H,6-9,12-13,16H2,1-5H3,(H,39,42)(H,40,41)(H,43,48)(H,44,51)/t27?,28?,30-,31-/m0/s1. The van der Waals surface area contributed by atoms with Crippen LogP contribution in [0.2, 0.25) is 0 Å². The number of likely N-dealkylation sites (tertiary alicyclic amines) is 2. The lowest BCUT2D eigenvalue weighted by molar-refractivity contribution is -0.139. The van der Waals surface area contributed by atoms with Gasteiger partial charge in [0, 0.05) is 35.0 Å². The third kappa shape index (κ3) is 7.09. The number of rotatable bonds is 11. The molecule has 6 heterocycles. The molecule has 0 radical (unpaired) electrons. The number of hydrogen-bond donors (Lipinski definition) is 5. The van der Waals surface area contributed by atoms with E-state index in [1.165, 1.54) is 7.11 Å². The van der Waals surface area contributed by atoms with Crippen molar-refractivity contribution in [1.82, 2.24) is 40.4 Å². The van der Waals surface area contributed by atoms with Gasteiger partial charge in [-0.25, -0.2) is 14.8 Å². The first-order valence-electron chi connectivity index (χ1n) is 18.4. The molecular formula is C38H46N8O6S2. The molecule has 5 N–H and O–H groups in total. The Morgan fingerprint density at radius 2 is 1.50 bits per heavy atom. The van der Waals surface area contributed by atoms with Gasteiger partial charge in [0.1, 0.15) is 30.3 Å². The van der Waals surface area contributed by atoms with E-state index in [2.05, 4.69) is 43.5 Å². The Bertz CT molecular complexity index is 2190. The summed E-state index contributed by atoms with van der Waals surface area (Å²) in [5, 5.41) is 18.9. The van der Waals surface area contributed by atoms with E-state index in [4.69, 9.17) is 14.7 Å². The lowest BCUT2D eigenvalue weighted by Crippen LogP contribution is -2.51. The molecule has 1 aromatic carbocycles. The number of aliphatic hydroxyl groups excluding tert-OH is 1. The molecule has 2 aliphatic rings. The summed E-state index contributed by atoms with van der Waals surface area (Å²) in [6, 6.07) is 4.32. The SMILES string of the molecule is COC(=O)N[C@H](C(=O)N1CCCC1c1nc2cc(-c3csc4c(-c5cnc(C6CCCN6C(=O)[C@@H](NC(=O)CO)C(C)C)[nH]5)csc34)ccc2[nH]1)C(C)C. The molecule has 4 atom stereocenters. The first-order chi connectivity index (χ1) is 26.0. The van der Waals surface area contributed by atoms with Crippen LogP contribution in [0.4, 0.5) is 4.79 Å². The molecule has 0 bridgehead atoms. The van der Waals surface area contributed by atoms with Gasteiger partial charge in [-0.1, -0.05) is 33.8 Å². The second-order valence-corrected chi connectivity index (χ2v) is 16.4. The summed E-state index contributed by atoms with van der Waals surface area (Å²) < 4.78 is 7.07. The largest absolute Gasteiger partial charge is 0.453 e. The summed E-state index contributed by atoms with van der Waals surface area (Å²) in [4.78, 5) is 71.5. The van der Waals surface area contributed by atoms with Gasteiger partial charge in [0.25, 0.3) is 0 Å². The van der Waals surface area contributed by atoms with Crippen molar-refractivity contribution in [2.45, 2.75) is 77.5 Å². The van der Waals surface area contributed by atoms with Crippen molar-refractivity contribution >= 4 is 66.9 Å². The van der Waals surface area contributed by atoms with Gasteiger partial charge in [-0.3, -0.25) is 14.4 Å². The molecule has 0 spiro atoms. The van der Waals surface area contributed by atoms with Gasteiger partial charge in [0.2, 0.25) is 17.7 Å². The highest BCUT2D eigenvalue weighted by atomic mass is 32.1. The minimum atomic E-state index is -0.728. The van der Waals surface area contributed by atoms with E-state index in [0.717, 1.165) is 74.3 Å². The van der Waals surface area contributed by atoms with Crippen molar-refractivity contribution in [3.8, 4) is 22.4 Å². The molecule has 16 heteroatoms. The molecule has 0 saturated carbocycles. The Labute approximate surface area is 320 Å². The Balaban J connectivity index is 1.10. The highest BCUT2D eigenvalue weighted by Gasteiger charge is 2.39. The summed E-state index contributed by atoms with van der Waals surface area (Å²) in [6.07, 6.45) is 4.40. The van der Waals surface area contributed by atoms with Crippen LogP contribution in [-0.4, -0.2) is 97.5 Å². The molecular weight excluding hydrogens is 729 g/mol. The highest BCUT2D eigenvalue weighted by molar-refractivity contribution is 7.27. The first kappa shape index (κ1) is 37.5. The number of carbonyl (C=O) groups is 4. The van der Waals surface area contributed by atoms with Gasteiger partial charge in [-0.05, 0) is 55.2 Å². The molecule has 2 saturated heterocycles. The summed E-state index contributed by atoms with van der Waals surface area (Å²) in [5.41, 5.74) is 5.78. The quantitative estimate of drug-likeness (QED) is 0.113. The van der Waals surface area contributed by atoms with Crippen molar-refractivity contribution in [3.05, 3.63) is 46.8 Å². The molecule has 7 rings (SSSR count). The molecule has 2 aliphatic heterocycles. The van der Waals surface area contributed by atoms with Crippen molar-refractivity contribution in [2.24, 2.45) is 11.8 Å². The van der Waals surface area contributed by atoms with E-state index in [1.807, 2.05) is 44.9 Å². The van der Waals surface area contributed by atoms with E-state index in [0.29, 0.717) is 18.9 Å². The predicted molar refractivity (Wildman–Crippen MR) is 208 cm³/mol. The topological polar surface area (TPSA) is 186 Å². The van der Waals surface area contributed by atoms with Crippen molar-refractivity contribution in [3.63, 3.8) is 0 Å². The van der Waals surface area contributed by atoms with Gasteiger partial charge < -0.3 is 40.2 Å². The number of ether oxygens (including phenoxy) is 1. The maximum atomic E-state index is 13.6. The van der Waals surface area contributed by atoms with Crippen LogP contribution in [0, 0.1) is 11.8 Å². The van der Waals surface area contributed by atoms with E-state index < -0.39 is 30.7 Å². The number of hydrogen-bond acceptors (Lipinski definition) is 10. The van der Waals surface area contributed by atoms with Crippen LogP contribution in [0.3, 0.4) is 0 Å². The molecule has 4 amide bonds. The molecule has 2 unspecified atom stereocenters. The van der Waals surface area contributed by atoms with Crippen LogP contribution >= 0.6 is 22.7 Å². The Kier molecular flexibility index (Phi) is 10.8. The number of aliphatic hydroxyl groups is 1. The van der Waals surface area contributed by atoms with Crippen LogP contribution in [0.15, 0.2) is 35.2 Å². The summed E-state index contributed by atoms with van der Waals surface area (Å²) in [5.74, 6) is 0.308. The van der Waals surface area contributed by atoms with Crippen LogP contribution in [0.25, 0.3) is 42.8 Å². The molecule has 0 aliphatic carbocycles. The molecule has 2 fully saturated rings. The van der Waals surface area contributed by atoms with Gasteiger partial charge in [0.05, 0.1) is 51.5 Å². The van der Waals surface area contributed by atoms with Crippen LogP contribution in [0.1, 0.15) is 77.1 Å². The fourth-order valence-electron chi connectivity index (χ4n) is 7.62. The summed E-state index contributed by atoms with van der Waals surface area (Å²) in [6.45, 7) is 8.05. The molecule has 286 valence electrons. The van der Waals surface area contributed by atoms with E-state index in [-0.39, 0.29) is 35.7 Å². The first-order valence-corrected chi connectivity index (χ1v) is 20.1. The number of benzene rings is 1. The average Bonchev–Trinajstić information content (AvgIpc) is 4.00. The Hall–Kier alpha value is -4.80. The Morgan fingerprint density at radius 3 is 2.13 bits per heavy atom. The van der Waals surface area contributed by atoms with Crippen LogP contribution < -0.4 is 10.6 Å². The monoisotopic (exact) mass is 774 g/mol. The minimum Gasteiger partial charge on any atom is -0.453 e. The zero-order valence-corrected chi connectivity index (χ0v) is 32.6. The van der Waals surface area contributed by atoms with Gasteiger partial charge in [0.15, 0.2) is 0 Å². The van der Waals surface area contributed by atoms with Crippen LogP contribution in [-0.2, 0) is 19.1 Å². The van der Waals surface area contributed by atoms with Crippen LogP contribution in [0.5, 0.6) is 0 Å². The number of aromatic nitrogens is 4. The number of fused-ring (bicyclic) bond motifs is 2. The number of alkyl carbamates (subject to hydrolysis) is 1. The van der Waals surface area contributed by atoms with E-state index in [9.17, 15) is 24.3 Å². The molecule has 14 nitrogen and oxygen atoms in total. The highest BCUT2D eigenvalue weighted by Crippen LogP contribution is 2.45. The normalized spacial score (nSPS) is 18.6. The van der Waals surface area contributed by atoms with E-state index >= 15 is 0 Å². The smallest absolute Gasteiger partial charge is 0.407 e. The second kappa shape index (κ2) is 15.5. The number of H-pyrrole nitrogens is 2. The lowest BCUT2D eigenvalue weighted by atomic mass is 10.0. The fourth-order valence-corrected chi connectivity index (χ4v) is 10.1. The summed E-state index contributed by atoms with van der Waals surface area (Å²) >= 11 is 3.34. The van der Waals surface area contributed by atoms with Gasteiger partial charge >= 0.3 is 6.09 Å². The maximum Gasteiger partial charge on any atom is 0.407 e. The number of imidazole rings is 2. The van der Waals surface area contributed by atoms with Crippen molar-refractivity contribution < 1.29 is 29.0 Å². The van der Waals surface area contributed by atoms with E-state index in [1.54, 1.807) is 27.6 Å². The van der Waals surface area contributed by atoms with Gasteiger partial charge in [-0.2, -0.15) is 0 Å². The molecule has 5 aromatic rings. The number of nitrogens with zero attached hydrogens (tertiary/aromatic N) is 4. The molecule has 54 heavy (non-hydrogen) atoms. The number of methoxy groups -OCH3 is 1. The van der Waals surface area contributed by atoms with Gasteiger partial charge in [-0.15, -0.1) is 22.7 Å². The predicted octanol–water partition coefficient (Wildman–Crippen LogP) is 5.74. The zero-order chi connectivity index (χ0) is 38.3. The maximum absolute atomic E-state index is 13.6. The number of carbonyl (C=O) groups excluding carboxylic acids is 4. The number of amides is 4. The number of thiophene rings is 2. The minimum absolute atomic E-state index is 0.113. The Morgan fingerprint density at radius 1 is 0.889 bits per heavy atom. The second-order valence-electron chi connectivity index (χ2n) is 14.7. The number of nitrogens with one attached hydrogen (secondary N) is 4. The number of aromatic amines is 2. The summed E-state index contributed by atoms with van der Waals surface area (Å²) in [7, 11) is 1.29. The van der Waals surface area contributed by atoms with Crippen molar-refractivity contribution in [2.75, 3.05) is 26.8 Å². The third-order valence-corrected chi connectivity index (χ3v) is 12.6. The van der Waals surface area contributed by atoms with Crippen molar-refractivity contribution in [1.29, 1.82) is 0 Å². The lowest BCUT2D eigenvalue weighted by Gasteiger charge is -2.30. The molecule has 4 aromatic heterocycles. The third-order valence-electron chi connectivity index (χ3n) is 10.5.